The third-order valence-electron chi connectivity index (χ3n) is 2.33. The number of carbonyl (C=O) groups excluding carboxylic acids is 2. The summed E-state index contributed by atoms with van der Waals surface area (Å²) in [5.41, 5.74) is 4.36. The van der Waals surface area contributed by atoms with Crippen LogP contribution in [0.4, 0.5) is 0 Å². The molecular weight excluding hydrogens is 230 g/mol. The van der Waals surface area contributed by atoms with Crippen LogP contribution in [0.25, 0.3) is 0 Å². The van der Waals surface area contributed by atoms with E-state index in [1.54, 1.807) is 20.8 Å². The fourth-order valence-corrected chi connectivity index (χ4v) is 1.47. The van der Waals surface area contributed by atoms with Gasteiger partial charge in [-0.25, -0.2) is 4.79 Å². The van der Waals surface area contributed by atoms with Crippen LogP contribution in [-0.2, 0) is 20.7 Å². The lowest BCUT2D eigenvalue weighted by Gasteiger charge is -2.27. The lowest BCUT2D eigenvalue weighted by atomic mass is 9.93. The zero-order valence-electron chi connectivity index (χ0n) is 11.0. The van der Waals surface area contributed by atoms with Gasteiger partial charge in [-0.05, 0) is 26.3 Å². The first-order valence-corrected chi connectivity index (χ1v) is 5.79. The van der Waals surface area contributed by atoms with Crippen LogP contribution in [0.3, 0.4) is 0 Å². The highest BCUT2D eigenvalue weighted by molar-refractivity contribution is 5.98. The second-order valence-electron chi connectivity index (χ2n) is 5.32. The van der Waals surface area contributed by atoms with Crippen molar-refractivity contribution in [2.75, 3.05) is 0 Å². The number of rotatable bonds is 4. The molecule has 0 aliphatic carbocycles. The molecule has 0 fully saturated rings. The molecule has 1 atom stereocenters. The van der Waals surface area contributed by atoms with Gasteiger partial charge in [-0.3, -0.25) is 0 Å². The summed E-state index contributed by atoms with van der Waals surface area (Å²) in [5.74, 6) is -0.700. The summed E-state index contributed by atoms with van der Waals surface area (Å²) in [6.45, 7) is 5.20. The number of hydrogen-bond donors (Lipinski definition) is 1. The molecule has 2 N–H and O–H groups in total. The molecule has 0 bridgehead atoms. The van der Waals surface area contributed by atoms with Gasteiger partial charge < -0.3 is 15.3 Å². The van der Waals surface area contributed by atoms with E-state index < -0.39 is 17.1 Å². The summed E-state index contributed by atoms with van der Waals surface area (Å²) in [6.07, 6.45) is 0.584. The van der Waals surface area contributed by atoms with Gasteiger partial charge in [0.1, 0.15) is 5.60 Å². The maximum Gasteiger partial charge on any atom is 0.334 e. The van der Waals surface area contributed by atoms with Crippen molar-refractivity contribution in [2.45, 2.75) is 38.3 Å². The Morgan fingerprint density at radius 1 is 1.28 bits per heavy atom. The van der Waals surface area contributed by atoms with Crippen molar-refractivity contribution in [3.8, 4) is 0 Å². The van der Waals surface area contributed by atoms with Gasteiger partial charge in [0.05, 0.1) is 0 Å². The Bertz CT molecular complexity index is 422. The maximum atomic E-state index is 11.9. The van der Waals surface area contributed by atoms with Crippen LogP contribution in [0.1, 0.15) is 26.3 Å². The second kappa shape index (κ2) is 5.31. The predicted octanol–water partition coefficient (Wildman–Crippen LogP) is 1.47. The molecule has 1 aromatic rings. The molecule has 1 aromatic carbocycles. The number of nitrogens with two attached hydrogens (primary N) is 1. The van der Waals surface area contributed by atoms with Crippen molar-refractivity contribution in [1.82, 2.24) is 0 Å². The van der Waals surface area contributed by atoms with Gasteiger partial charge in [0.25, 0.3) is 0 Å². The summed E-state index contributed by atoms with van der Waals surface area (Å²) in [5, 5.41) is 0. The average Bonchev–Trinajstić information content (AvgIpc) is 2.28. The van der Waals surface area contributed by atoms with Crippen molar-refractivity contribution in [1.29, 1.82) is 0 Å². The second-order valence-corrected chi connectivity index (χ2v) is 5.32. The third kappa shape index (κ3) is 3.96. The normalized spacial score (nSPS) is 14.7. The molecule has 18 heavy (non-hydrogen) atoms. The van der Waals surface area contributed by atoms with Gasteiger partial charge >= 0.3 is 5.97 Å². The predicted molar refractivity (Wildman–Crippen MR) is 69.0 cm³/mol. The zero-order chi connectivity index (χ0) is 13.8. The van der Waals surface area contributed by atoms with Crippen LogP contribution in [0.2, 0.25) is 0 Å². The average molecular weight is 249 g/mol. The Morgan fingerprint density at radius 3 is 2.28 bits per heavy atom. The Hall–Kier alpha value is -1.68. The number of esters is 1. The summed E-state index contributed by atoms with van der Waals surface area (Å²) < 4.78 is 5.17. The largest absolute Gasteiger partial charge is 0.458 e. The van der Waals surface area contributed by atoms with E-state index in [9.17, 15) is 9.59 Å². The molecule has 0 heterocycles. The van der Waals surface area contributed by atoms with Crippen molar-refractivity contribution in [3.63, 3.8) is 0 Å². The molecule has 4 nitrogen and oxygen atoms in total. The highest BCUT2D eigenvalue weighted by Gasteiger charge is 2.38. The first kappa shape index (κ1) is 14.4. The standard InChI is InChI=1S/C14H19NO3/c1-13(2,3)18-12(17)14(15,10-16)9-11-7-5-4-6-8-11/h4-8,10H,9,15H2,1-3H3. The quantitative estimate of drug-likeness (QED) is 0.498. The lowest BCUT2D eigenvalue weighted by Crippen LogP contribution is -2.54. The fourth-order valence-electron chi connectivity index (χ4n) is 1.47. The molecule has 0 spiro atoms. The maximum absolute atomic E-state index is 11.9. The number of carbonyl (C=O) groups is 2. The summed E-state index contributed by atoms with van der Waals surface area (Å²) in [4.78, 5) is 23.1. The monoisotopic (exact) mass is 249 g/mol. The minimum Gasteiger partial charge on any atom is -0.458 e. The van der Waals surface area contributed by atoms with Gasteiger partial charge in [0.2, 0.25) is 0 Å². The van der Waals surface area contributed by atoms with E-state index in [1.165, 1.54) is 0 Å². The SMILES string of the molecule is CC(C)(C)OC(=O)C(N)(C=O)Cc1ccccc1. The van der Waals surface area contributed by atoms with E-state index in [0.29, 0.717) is 6.29 Å². The van der Waals surface area contributed by atoms with E-state index in [-0.39, 0.29) is 6.42 Å². The summed E-state index contributed by atoms with van der Waals surface area (Å²) >= 11 is 0. The summed E-state index contributed by atoms with van der Waals surface area (Å²) in [6, 6.07) is 9.15. The van der Waals surface area contributed by atoms with Crippen molar-refractivity contribution >= 4 is 12.3 Å². The van der Waals surface area contributed by atoms with E-state index >= 15 is 0 Å². The van der Waals surface area contributed by atoms with Gasteiger partial charge in [-0.1, -0.05) is 30.3 Å². The van der Waals surface area contributed by atoms with Crippen LogP contribution in [0, 0.1) is 0 Å². The Kier molecular flexibility index (Phi) is 4.24. The Labute approximate surface area is 107 Å². The van der Waals surface area contributed by atoms with E-state index in [0.717, 1.165) is 5.56 Å². The topological polar surface area (TPSA) is 69.4 Å². The van der Waals surface area contributed by atoms with E-state index in [2.05, 4.69) is 0 Å². The Balaban J connectivity index is 2.86. The molecule has 0 saturated carbocycles. The molecule has 4 heteroatoms. The minimum atomic E-state index is -1.63. The van der Waals surface area contributed by atoms with Crippen molar-refractivity contribution < 1.29 is 14.3 Å². The van der Waals surface area contributed by atoms with Crippen molar-refractivity contribution in [3.05, 3.63) is 35.9 Å². The lowest BCUT2D eigenvalue weighted by molar-refractivity contribution is -0.162. The fraction of sp³-hybridized carbons (Fsp3) is 0.429. The molecule has 0 aliphatic heterocycles. The minimum absolute atomic E-state index is 0.131. The molecule has 1 rings (SSSR count). The molecule has 0 aromatic heterocycles. The highest BCUT2D eigenvalue weighted by Crippen LogP contribution is 2.16. The van der Waals surface area contributed by atoms with Crippen LogP contribution < -0.4 is 5.73 Å². The van der Waals surface area contributed by atoms with Gasteiger partial charge in [0, 0.05) is 6.42 Å². The molecule has 0 radical (unpaired) electrons. The number of aldehydes is 1. The van der Waals surface area contributed by atoms with Crippen molar-refractivity contribution in [2.24, 2.45) is 5.73 Å². The van der Waals surface area contributed by atoms with Crippen LogP contribution >= 0.6 is 0 Å². The number of benzene rings is 1. The Morgan fingerprint density at radius 2 is 1.83 bits per heavy atom. The van der Waals surface area contributed by atoms with E-state index in [4.69, 9.17) is 10.5 Å². The molecule has 0 saturated heterocycles. The molecular formula is C14H19NO3. The smallest absolute Gasteiger partial charge is 0.334 e. The zero-order valence-corrected chi connectivity index (χ0v) is 11.0. The van der Waals surface area contributed by atoms with E-state index in [1.807, 2.05) is 30.3 Å². The molecule has 0 amide bonds. The first-order chi connectivity index (χ1) is 8.27. The molecule has 0 aliphatic rings. The van der Waals surface area contributed by atoms with Crippen LogP contribution in [-0.4, -0.2) is 23.4 Å². The van der Waals surface area contributed by atoms with Crippen LogP contribution in [0.5, 0.6) is 0 Å². The third-order valence-corrected chi connectivity index (χ3v) is 2.33. The highest BCUT2D eigenvalue weighted by atomic mass is 16.6. The van der Waals surface area contributed by atoms with Crippen LogP contribution in [0.15, 0.2) is 30.3 Å². The molecule has 1 unspecified atom stereocenters. The van der Waals surface area contributed by atoms with Gasteiger partial charge in [0.15, 0.2) is 11.8 Å². The first-order valence-electron chi connectivity index (χ1n) is 5.79. The number of ether oxygens (including phenoxy) is 1. The van der Waals surface area contributed by atoms with Gasteiger partial charge in [-0.2, -0.15) is 0 Å². The molecule has 98 valence electrons. The van der Waals surface area contributed by atoms with Gasteiger partial charge in [-0.15, -0.1) is 0 Å². The summed E-state index contributed by atoms with van der Waals surface area (Å²) in [7, 11) is 0. The number of hydrogen-bond acceptors (Lipinski definition) is 4.